The van der Waals surface area contributed by atoms with Crippen molar-refractivity contribution in [1.82, 2.24) is 14.4 Å². The van der Waals surface area contributed by atoms with Gasteiger partial charge in [0.15, 0.2) is 5.13 Å². The van der Waals surface area contributed by atoms with Crippen LogP contribution in [0.5, 0.6) is 0 Å². The van der Waals surface area contributed by atoms with Gasteiger partial charge in [0.1, 0.15) is 11.5 Å². The van der Waals surface area contributed by atoms with E-state index in [1.54, 1.807) is 24.4 Å². The van der Waals surface area contributed by atoms with Crippen molar-refractivity contribution >= 4 is 28.0 Å². The lowest BCUT2D eigenvalue weighted by atomic mass is 10.2. The third-order valence-corrected chi connectivity index (χ3v) is 5.17. The molecule has 3 heterocycles. The third kappa shape index (κ3) is 3.33. The molecule has 1 amide bonds. The second-order valence-electron chi connectivity index (χ2n) is 6.14. The summed E-state index contributed by atoms with van der Waals surface area (Å²) in [6.07, 6.45) is 2.64. The molecule has 1 aromatic carbocycles. The first kappa shape index (κ1) is 17.4. The van der Waals surface area contributed by atoms with Gasteiger partial charge in [-0.25, -0.2) is 14.4 Å². The predicted molar refractivity (Wildman–Crippen MR) is 105 cm³/mol. The number of benzene rings is 1. The zero-order valence-electron chi connectivity index (χ0n) is 14.9. The van der Waals surface area contributed by atoms with Gasteiger partial charge in [0.25, 0.3) is 5.91 Å². The van der Waals surface area contributed by atoms with Crippen LogP contribution >= 0.6 is 11.3 Å². The van der Waals surface area contributed by atoms with Crippen LogP contribution in [0, 0.1) is 12.7 Å². The van der Waals surface area contributed by atoms with Gasteiger partial charge in [0.2, 0.25) is 0 Å². The molecule has 5 nitrogen and oxygen atoms in total. The van der Waals surface area contributed by atoms with Gasteiger partial charge in [-0.2, -0.15) is 0 Å². The van der Waals surface area contributed by atoms with Crippen LogP contribution in [0.15, 0.2) is 48.0 Å². The molecule has 0 aliphatic carbocycles. The quantitative estimate of drug-likeness (QED) is 0.557. The molecule has 27 heavy (non-hydrogen) atoms. The molecule has 0 saturated carbocycles. The standard InChI is InChI=1S/C20H17FN4OS/c1-3-16-12(2)25-10-14(6-9-18(25)22-16)19(26)24-20-23-17(11-27-20)13-4-7-15(21)8-5-13/h4-11H,3H2,1-2H3,(H,23,24,26). The van der Waals surface area contributed by atoms with Crippen molar-refractivity contribution in [3.63, 3.8) is 0 Å². The van der Waals surface area contributed by atoms with Crippen LogP contribution in [-0.2, 0) is 6.42 Å². The number of pyridine rings is 1. The van der Waals surface area contributed by atoms with Crippen LogP contribution < -0.4 is 5.32 Å². The van der Waals surface area contributed by atoms with E-state index in [9.17, 15) is 9.18 Å². The molecule has 0 fully saturated rings. The molecule has 0 bridgehead atoms. The first-order chi connectivity index (χ1) is 13.0. The number of rotatable bonds is 4. The fourth-order valence-electron chi connectivity index (χ4n) is 2.93. The number of hydrogen-bond acceptors (Lipinski definition) is 4. The van der Waals surface area contributed by atoms with Crippen LogP contribution in [0.1, 0.15) is 28.7 Å². The summed E-state index contributed by atoms with van der Waals surface area (Å²) in [6, 6.07) is 9.70. The molecule has 0 spiro atoms. The number of anilines is 1. The third-order valence-electron chi connectivity index (χ3n) is 4.42. The smallest absolute Gasteiger partial charge is 0.258 e. The summed E-state index contributed by atoms with van der Waals surface area (Å²) in [6.45, 7) is 4.06. The lowest BCUT2D eigenvalue weighted by Crippen LogP contribution is -2.12. The van der Waals surface area contributed by atoms with Crippen molar-refractivity contribution in [2.75, 3.05) is 5.32 Å². The van der Waals surface area contributed by atoms with E-state index >= 15 is 0 Å². The average Bonchev–Trinajstić information content (AvgIpc) is 3.26. The molecule has 4 aromatic rings. The Balaban J connectivity index is 1.56. The van der Waals surface area contributed by atoms with Crippen molar-refractivity contribution in [2.45, 2.75) is 20.3 Å². The summed E-state index contributed by atoms with van der Waals surface area (Å²) >= 11 is 1.33. The molecule has 3 aromatic heterocycles. The van der Waals surface area contributed by atoms with Crippen molar-refractivity contribution in [3.8, 4) is 11.3 Å². The van der Waals surface area contributed by atoms with Crippen molar-refractivity contribution < 1.29 is 9.18 Å². The number of amides is 1. The largest absolute Gasteiger partial charge is 0.303 e. The minimum absolute atomic E-state index is 0.233. The first-order valence-electron chi connectivity index (χ1n) is 8.55. The van der Waals surface area contributed by atoms with Gasteiger partial charge < -0.3 is 4.40 Å². The topological polar surface area (TPSA) is 59.3 Å². The molecule has 1 N–H and O–H groups in total. The molecule has 0 unspecified atom stereocenters. The van der Waals surface area contributed by atoms with E-state index in [1.807, 2.05) is 22.8 Å². The highest BCUT2D eigenvalue weighted by Crippen LogP contribution is 2.25. The Kier molecular flexibility index (Phi) is 4.45. The molecule has 0 saturated heterocycles. The normalized spacial score (nSPS) is 11.1. The van der Waals surface area contributed by atoms with Gasteiger partial charge in [0, 0.05) is 22.8 Å². The summed E-state index contributed by atoms with van der Waals surface area (Å²) in [4.78, 5) is 21.6. The summed E-state index contributed by atoms with van der Waals surface area (Å²) in [7, 11) is 0. The summed E-state index contributed by atoms with van der Waals surface area (Å²) < 4.78 is 15.0. The molecule has 136 valence electrons. The number of fused-ring (bicyclic) bond motifs is 1. The van der Waals surface area contributed by atoms with Crippen molar-refractivity contribution in [1.29, 1.82) is 0 Å². The number of nitrogens with one attached hydrogen (secondary N) is 1. The zero-order chi connectivity index (χ0) is 19.0. The Morgan fingerprint density at radius 1 is 1.19 bits per heavy atom. The highest BCUT2D eigenvalue weighted by atomic mass is 32.1. The second kappa shape index (κ2) is 6.92. The number of nitrogens with zero attached hydrogens (tertiary/aromatic N) is 3. The van der Waals surface area contributed by atoms with E-state index < -0.39 is 0 Å². The monoisotopic (exact) mass is 380 g/mol. The second-order valence-corrected chi connectivity index (χ2v) is 7.00. The van der Waals surface area contributed by atoms with E-state index in [0.29, 0.717) is 16.4 Å². The molecular weight excluding hydrogens is 363 g/mol. The van der Waals surface area contributed by atoms with E-state index in [4.69, 9.17) is 0 Å². The molecular formula is C20H17FN4OS. The highest BCUT2D eigenvalue weighted by Gasteiger charge is 2.13. The average molecular weight is 380 g/mol. The minimum Gasteiger partial charge on any atom is -0.303 e. The first-order valence-corrected chi connectivity index (χ1v) is 9.43. The number of imidazole rings is 1. The molecule has 0 atom stereocenters. The summed E-state index contributed by atoms with van der Waals surface area (Å²) in [5.41, 5.74) is 4.92. The Bertz CT molecular complexity index is 1130. The molecule has 0 aliphatic heterocycles. The Morgan fingerprint density at radius 2 is 1.96 bits per heavy atom. The minimum atomic E-state index is -0.293. The highest BCUT2D eigenvalue weighted by molar-refractivity contribution is 7.14. The van der Waals surface area contributed by atoms with Crippen LogP contribution in [-0.4, -0.2) is 20.3 Å². The number of aryl methyl sites for hydroxylation is 2. The van der Waals surface area contributed by atoms with E-state index in [0.717, 1.165) is 29.0 Å². The van der Waals surface area contributed by atoms with Crippen LogP contribution in [0.3, 0.4) is 0 Å². The predicted octanol–water partition coefficient (Wildman–Crippen LogP) is 4.72. The Morgan fingerprint density at radius 3 is 2.70 bits per heavy atom. The Labute approximate surface area is 159 Å². The van der Waals surface area contributed by atoms with Gasteiger partial charge >= 0.3 is 0 Å². The van der Waals surface area contributed by atoms with Gasteiger partial charge in [-0.05, 0) is 49.7 Å². The van der Waals surface area contributed by atoms with Gasteiger partial charge in [-0.3, -0.25) is 10.1 Å². The lowest BCUT2D eigenvalue weighted by Gasteiger charge is -2.04. The number of hydrogen-bond donors (Lipinski definition) is 1. The summed E-state index contributed by atoms with van der Waals surface area (Å²) in [5.74, 6) is -0.526. The van der Waals surface area contributed by atoms with Crippen LogP contribution in [0.2, 0.25) is 0 Å². The van der Waals surface area contributed by atoms with Gasteiger partial charge in [-0.1, -0.05) is 6.92 Å². The maximum absolute atomic E-state index is 13.0. The molecule has 0 radical (unpaired) electrons. The van der Waals surface area contributed by atoms with E-state index in [-0.39, 0.29) is 11.7 Å². The maximum Gasteiger partial charge on any atom is 0.258 e. The zero-order valence-corrected chi connectivity index (χ0v) is 15.7. The summed E-state index contributed by atoms with van der Waals surface area (Å²) in [5, 5.41) is 5.15. The molecule has 7 heteroatoms. The van der Waals surface area contributed by atoms with E-state index in [1.165, 1.54) is 23.5 Å². The lowest BCUT2D eigenvalue weighted by molar-refractivity contribution is 0.102. The van der Waals surface area contributed by atoms with Gasteiger partial charge in [-0.15, -0.1) is 11.3 Å². The Hall–Kier alpha value is -3.06. The number of thiazole rings is 1. The number of carbonyl (C=O) groups is 1. The maximum atomic E-state index is 13.0. The van der Waals surface area contributed by atoms with E-state index in [2.05, 4.69) is 22.2 Å². The number of halogens is 1. The number of aromatic nitrogens is 3. The van der Waals surface area contributed by atoms with Crippen molar-refractivity contribution in [2.24, 2.45) is 0 Å². The SMILES string of the molecule is CCc1nc2ccc(C(=O)Nc3nc(-c4ccc(F)cc4)cs3)cn2c1C. The van der Waals surface area contributed by atoms with Gasteiger partial charge in [0.05, 0.1) is 17.0 Å². The number of carbonyl (C=O) groups excluding carboxylic acids is 1. The fraction of sp³-hybridized carbons (Fsp3) is 0.150. The molecule has 4 rings (SSSR count). The van der Waals surface area contributed by atoms with Crippen LogP contribution in [0.25, 0.3) is 16.9 Å². The fourth-order valence-corrected chi connectivity index (χ4v) is 3.65. The van der Waals surface area contributed by atoms with Crippen molar-refractivity contribution in [3.05, 3.63) is 70.7 Å². The van der Waals surface area contributed by atoms with Crippen LogP contribution in [0.4, 0.5) is 9.52 Å². The molecule has 0 aliphatic rings.